The summed E-state index contributed by atoms with van der Waals surface area (Å²) in [6.45, 7) is 6.24. The van der Waals surface area contributed by atoms with Gasteiger partial charge in [0.2, 0.25) is 0 Å². The molecule has 0 heterocycles. The highest BCUT2D eigenvalue weighted by atomic mass is 79.9. The van der Waals surface area contributed by atoms with Crippen LogP contribution < -0.4 is 5.73 Å². The van der Waals surface area contributed by atoms with Crippen LogP contribution in [0, 0.1) is 34.5 Å². The molecule has 194 valence electrons. The van der Waals surface area contributed by atoms with Crippen LogP contribution in [0.5, 0.6) is 0 Å². The van der Waals surface area contributed by atoms with Crippen molar-refractivity contribution in [2.75, 3.05) is 0 Å². The van der Waals surface area contributed by atoms with E-state index in [2.05, 4.69) is 41.0 Å². The van der Waals surface area contributed by atoms with E-state index in [0.29, 0.717) is 17.8 Å². The Kier molecular flexibility index (Phi) is 6.81. The monoisotopic (exact) mass is 556 g/mol. The number of hydrogen-bond donors (Lipinski definition) is 1. The van der Waals surface area contributed by atoms with Crippen LogP contribution in [0.1, 0.15) is 77.7 Å². The lowest BCUT2D eigenvalue weighted by atomic mass is 9.47. The zero-order valence-corrected chi connectivity index (χ0v) is 23.1. The Labute approximate surface area is 222 Å². The number of esters is 1. The van der Waals surface area contributed by atoms with Crippen LogP contribution in [-0.2, 0) is 19.2 Å². The summed E-state index contributed by atoms with van der Waals surface area (Å²) < 4.78 is 6.52. The molecule has 1 aromatic rings. The van der Waals surface area contributed by atoms with E-state index in [1.807, 2.05) is 24.3 Å². The first kappa shape index (κ1) is 25.5. The number of nitrogens with zero attached hydrogens (tertiary/aromatic N) is 1. The molecule has 5 rings (SSSR count). The van der Waals surface area contributed by atoms with Crippen molar-refractivity contribution in [3.05, 3.63) is 46.0 Å². The number of oxime groups is 1. The molecule has 4 aliphatic carbocycles. The largest absolute Gasteiger partial charge is 0.462 e. The Bertz CT molecular complexity index is 1100. The number of benzene rings is 1. The number of hydrogen-bond acceptors (Lipinski definition) is 5. The molecule has 6 nitrogen and oxygen atoms in total. The number of halogens is 1. The van der Waals surface area contributed by atoms with Gasteiger partial charge in [-0.1, -0.05) is 58.7 Å². The van der Waals surface area contributed by atoms with Gasteiger partial charge in [-0.2, -0.15) is 0 Å². The lowest BCUT2D eigenvalue weighted by Gasteiger charge is -2.57. The van der Waals surface area contributed by atoms with Crippen molar-refractivity contribution in [2.45, 2.75) is 78.2 Å². The topological polar surface area (TPSA) is 91.0 Å². The summed E-state index contributed by atoms with van der Waals surface area (Å²) in [6, 6.07) is 7.45. The number of rotatable bonds is 4. The zero-order chi connectivity index (χ0) is 25.7. The van der Waals surface area contributed by atoms with Crippen LogP contribution >= 0.6 is 15.9 Å². The number of amidine groups is 1. The van der Waals surface area contributed by atoms with Crippen molar-refractivity contribution in [1.82, 2.24) is 0 Å². The smallest absolute Gasteiger partial charge is 0.338 e. The second-order valence-electron chi connectivity index (χ2n) is 11.8. The minimum absolute atomic E-state index is 0.0169. The lowest BCUT2D eigenvalue weighted by molar-refractivity contribution is -0.156. The van der Waals surface area contributed by atoms with Crippen molar-refractivity contribution in [3.63, 3.8) is 0 Å². The van der Waals surface area contributed by atoms with Gasteiger partial charge < -0.3 is 15.3 Å². The Balaban J connectivity index is 1.29. The van der Waals surface area contributed by atoms with E-state index in [1.54, 1.807) is 0 Å². The van der Waals surface area contributed by atoms with E-state index in [4.69, 9.17) is 15.3 Å². The van der Waals surface area contributed by atoms with E-state index < -0.39 is 0 Å². The van der Waals surface area contributed by atoms with Crippen LogP contribution in [0.2, 0.25) is 0 Å². The fraction of sp³-hybridized carbons (Fsp3) is 0.621. The zero-order valence-electron chi connectivity index (χ0n) is 21.5. The van der Waals surface area contributed by atoms with Crippen molar-refractivity contribution >= 4 is 33.7 Å². The molecule has 7 atom stereocenters. The number of nitrogens with two attached hydrogens (primary N) is 1. The highest BCUT2D eigenvalue weighted by molar-refractivity contribution is 9.10. The van der Waals surface area contributed by atoms with Crippen molar-refractivity contribution in [3.8, 4) is 0 Å². The first-order valence-electron chi connectivity index (χ1n) is 13.3. The van der Waals surface area contributed by atoms with Gasteiger partial charge >= 0.3 is 11.9 Å². The van der Waals surface area contributed by atoms with Gasteiger partial charge in [0.05, 0.1) is 5.92 Å². The maximum atomic E-state index is 13.2. The van der Waals surface area contributed by atoms with Crippen LogP contribution in [0.3, 0.4) is 0 Å². The van der Waals surface area contributed by atoms with Gasteiger partial charge in [-0.25, -0.2) is 4.79 Å². The van der Waals surface area contributed by atoms with Gasteiger partial charge in [-0.15, -0.1) is 0 Å². The molecule has 1 aromatic carbocycles. The molecule has 0 bridgehead atoms. The Morgan fingerprint density at radius 3 is 2.53 bits per heavy atom. The third kappa shape index (κ3) is 4.42. The normalized spacial score (nSPS) is 37.7. The van der Waals surface area contributed by atoms with Crippen LogP contribution in [0.4, 0.5) is 0 Å². The van der Waals surface area contributed by atoms with Gasteiger partial charge in [0.25, 0.3) is 0 Å². The fourth-order valence-electron chi connectivity index (χ4n) is 8.18. The van der Waals surface area contributed by atoms with Crippen LogP contribution in [-0.4, -0.2) is 23.9 Å². The molecule has 0 spiro atoms. The Morgan fingerprint density at radius 1 is 1.06 bits per heavy atom. The van der Waals surface area contributed by atoms with Gasteiger partial charge in [-0.05, 0) is 85.7 Å². The van der Waals surface area contributed by atoms with E-state index >= 15 is 0 Å². The first-order chi connectivity index (χ1) is 17.1. The van der Waals surface area contributed by atoms with Gasteiger partial charge in [0, 0.05) is 23.4 Å². The SMILES string of the molecule is CC(=O)O[C@H]1CC[C@@]2(C)C(=CC[C@H]3[C@@H]4CC[C@H](C(=O)O/N=C(\N)c5ccc(Br)cc5)[C@@]4(C)CC[C@@H]32)C1. The lowest BCUT2D eigenvalue weighted by Crippen LogP contribution is -2.51. The van der Waals surface area contributed by atoms with E-state index in [0.717, 1.165) is 61.4 Å². The van der Waals surface area contributed by atoms with Gasteiger partial charge in [-0.3, -0.25) is 4.79 Å². The number of ether oxygens (including phenoxy) is 1. The van der Waals surface area contributed by atoms with Gasteiger partial charge in [0.15, 0.2) is 5.84 Å². The third-order valence-corrected chi connectivity index (χ3v) is 10.6. The molecule has 2 N–H and O–H groups in total. The minimum atomic E-state index is -0.251. The number of carbonyl (C=O) groups is 2. The molecule has 3 saturated carbocycles. The molecule has 7 heteroatoms. The summed E-state index contributed by atoms with van der Waals surface area (Å²) in [5, 5.41) is 4.00. The first-order valence-corrected chi connectivity index (χ1v) is 14.1. The molecule has 4 aliphatic rings. The van der Waals surface area contributed by atoms with Crippen LogP contribution in [0.25, 0.3) is 0 Å². The summed E-state index contributed by atoms with van der Waals surface area (Å²) in [7, 11) is 0. The summed E-state index contributed by atoms with van der Waals surface area (Å²) in [5.74, 6) is 1.33. The number of fused-ring (bicyclic) bond motifs is 5. The molecule has 3 fully saturated rings. The van der Waals surface area contributed by atoms with Crippen molar-refractivity contribution < 1.29 is 19.2 Å². The van der Waals surface area contributed by atoms with Crippen molar-refractivity contribution in [2.24, 2.45) is 45.4 Å². The average molecular weight is 558 g/mol. The predicted molar refractivity (Wildman–Crippen MR) is 142 cm³/mol. The standard InChI is InChI=1S/C29H37BrN2O4/c1-17(33)35-21-12-14-28(2)19(16-21)6-9-22-23-10-11-25(29(23,3)15-13-24(22)28)27(34)36-32-26(31)18-4-7-20(30)8-5-18/h4-8,21-25H,9-16H2,1-3H3,(H2,31,32)/t21-,22-,23-,24-,25+,28-,29-/m0/s1. The third-order valence-electron chi connectivity index (χ3n) is 10.0. The fourth-order valence-corrected chi connectivity index (χ4v) is 8.45. The molecule has 0 amide bonds. The molecular weight excluding hydrogens is 520 g/mol. The number of allylic oxidation sites excluding steroid dienone is 1. The predicted octanol–water partition coefficient (Wildman–Crippen LogP) is 6.12. The molecule has 0 saturated heterocycles. The Hall–Kier alpha value is -2.15. The Morgan fingerprint density at radius 2 is 1.81 bits per heavy atom. The second kappa shape index (κ2) is 9.62. The molecule has 36 heavy (non-hydrogen) atoms. The molecule has 0 unspecified atom stereocenters. The average Bonchev–Trinajstić information content (AvgIpc) is 3.20. The molecule has 0 aliphatic heterocycles. The summed E-state index contributed by atoms with van der Waals surface area (Å²) >= 11 is 3.41. The molecule has 0 aromatic heterocycles. The molecule has 0 radical (unpaired) electrons. The minimum Gasteiger partial charge on any atom is -0.462 e. The highest BCUT2D eigenvalue weighted by Gasteiger charge is 2.60. The van der Waals surface area contributed by atoms with E-state index in [9.17, 15) is 9.59 Å². The maximum absolute atomic E-state index is 13.2. The van der Waals surface area contributed by atoms with E-state index in [1.165, 1.54) is 12.5 Å². The van der Waals surface area contributed by atoms with Crippen molar-refractivity contribution in [1.29, 1.82) is 0 Å². The summed E-state index contributed by atoms with van der Waals surface area (Å²) in [6.07, 6.45) is 10.4. The van der Waals surface area contributed by atoms with Gasteiger partial charge in [0.1, 0.15) is 6.10 Å². The molecular formula is C29H37BrN2O4. The van der Waals surface area contributed by atoms with Crippen LogP contribution in [0.15, 0.2) is 45.5 Å². The van der Waals surface area contributed by atoms with E-state index in [-0.39, 0.29) is 40.6 Å². The maximum Gasteiger partial charge on any atom is 0.338 e. The second-order valence-corrected chi connectivity index (χ2v) is 12.7. The number of carbonyl (C=O) groups excluding carboxylic acids is 2. The highest BCUT2D eigenvalue weighted by Crippen LogP contribution is 2.66. The quantitative estimate of drug-likeness (QED) is 0.120. The summed E-state index contributed by atoms with van der Waals surface area (Å²) in [4.78, 5) is 30.2. The summed E-state index contributed by atoms with van der Waals surface area (Å²) in [5.41, 5.74) is 8.39.